The molecule has 0 atom stereocenters. The van der Waals surface area contributed by atoms with Crippen LogP contribution in [0.15, 0.2) is 54.6 Å². The summed E-state index contributed by atoms with van der Waals surface area (Å²) in [6, 6.07) is 15.4. The van der Waals surface area contributed by atoms with Crippen molar-refractivity contribution in [2.24, 2.45) is 0 Å². The smallest absolute Gasteiger partial charge is 0.338 e. The number of ketones is 1. The molecule has 0 saturated heterocycles. The summed E-state index contributed by atoms with van der Waals surface area (Å²) in [5, 5.41) is 2.69. The van der Waals surface area contributed by atoms with Crippen molar-refractivity contribution in [3.05, 3.63) is 65.7 Å². The molecule has 0 aliphatic rings. The van der Waals surface area contributed by atoms with Crippen molar-refractivity contribution in [1.82, 2.24) is 0 Å². The maximum absolute atomic E-state index is 12.0. The zero-order valence-corrected chi connectivity index (χ0v) is 13.5. The number of hydrogen-bond donors (Lipinski definition) is 1. The van der Waals surface area contributed by atoms with Gasteiger partial charge in [0.15, 0.2) is 5.78 Å². The summed E-state index contributed by atoms with van der Waals surface area (Å²) in [5.74, 6) is -0.792. The normalized spacial score (nSPS) is 10.0. The number of hydrogen-bond acceptors (Lipinski definition) is 4. The highest BCUT2D eigenvalue weighted by Crippen LogP contribution is 2.13. The Kier molecular flexibility index (Phi) is 6.25. The average Bonchev–Trinajstić information content (AvgIpc) is 2.61. The van der Waals surface area contributed by atoms with Gasteiger partial charge in [-0.25, -0.2) is 4.79 Å². The fourth-order valence-corrected chi connectivity index (χ4v) is 2.16. The van der Waals surface area contributed by atoms with Crippen LogP contribution in [0.1, 0.15) is 40.5 Å². The van der Waals surface area contributed by atoms with Crippen LogP contribution in [0.25, 0.3) is 0 Å². The maximum Gasteiger partial charge on any atom is 0.338 e. The molecule has 0 fully saturated rings. The molecular formula is C19H19NO4. The van der Waals surface area contributed by atoms with E-state index < -0.39 is 5.97 Å². The molecule has 5 heteroatoms. The molecule has 0 aliphatic heterocycles. The van der Waals surface area contributed by atoms with Gasteiger partial charge in [-0.15, -0.1) is 0 Å². The van der Waals surface area contributed by atoms with E-state index in [9.17, 15) is 14.4 Å². The van der Waals surface area contributed by atoms with Gasteiger partial charge in [-0.2, -0.15) is 0 Å². The van der Waals surface area contributed by atoms with Crippen molar-refractivity contribution >= 4 is 23.3 Å². The van der Waals surface area contributed by atoms with Crippen LogP contribution in [0, 0.1) is 0 Å². The Bertz CT molecular complexity index is 725. The Hall–Kier alpha value is -2.95. The van der Waals surface area contributed by atoms with Gasteiger partial charge in [-0.1, -0.05) is 36.4 Å². The van der Waals surface area contributed by atoms with Gasteiger partial charge >= 0.3 is 5.97 Å². The van der Waals surface area contributed by atoms with Gasteiger partial charge in [-0.3, -0.25) is 9.59 Å². The summed E-state index contributed by atoms with van der Waals surface area (Å²) in [6.45, 7) is 2.02. The molecule has 0 aliphatic carbocycles. The topological polar surface area (TPSA) is 72.5 Å². The summed E-state index contributed by atoms with van der Waals surface area (Å²) >= 11 is 0. The van der Waals surface area contributed by atoms with Crippen LogP contribution < -0.4 is 5.32 Å². The molecule has 0 heterocycles. The minimum atomic E-state index is -0.437. The highest BCUT2D eigenvalue weighted by atomic mass is 16.5. The molecule has 2 aromatic carbocycles. The molecule has 1 amide bonds. The lowest BCUT2D eigenvalue weighted by Crippen LogP contribution is -2.14. The first-order valence-electron chi connectivity index (χ1n) is 7.75. The largest absolute Gasteiger partial charge is 0.462 e. The lowest BCUT2D eigenvalue weighted by Gasteiger charge is -2.07. The number of anilines is 1. The number of rotatable bonds is 7. The number of amides is 1. The average molecular weight is 325 g/mol. The highest BCUT2D eigenvalue weighted by molar-refractivity contribution is 6.00. The fraction of sp³-hybridized carbons (Fsp3) is 0.211. The third kappa shape index (κ3) is 5.05. The van der Waals surface area contributed by atoms with Crippen molar-refractivity contribution in [3.8, 4) is 0 Å². The highest BCUT2D eigenvalue weighted by Gasteiger charge is 2.11. The molecular weight excluding hydrogens is 306 g/mol. The molecule has 0 unspecified atom stereocenters. The monoisotopic (exact) mass is 325 g/mol. The van der Waals surface area contributed by atoms with Gasteiger partial charge in [0, 0.05) is 24.1 Å². The third-order valence-corrected chi connectivity index (χ3v) is 3.33. The molecule has 0 radical (unpaired) electrons. The van der Waals surface area contributed by atoms with Crippen molar-refractivity contribution in [3.63, 3.8) is 0 Å². The zero-order valence-electron chi connectivity index (χ0n) is 13.5. The number of nitrogens with one attached hydrogen (secondary N) is 1. The summed E-state index contributed by atoms with van der Waals surface area (Å²) in [4.78, 5) is 35.6. The predicted octanol–water partition coefficient (Wildman–Crippen LogP) is 3.46. The summed E-state index contributed by atoms with van der Waals surface area (Å²) in [5.41, 5.74) is 1.46. The van der Waals surface area contributed by atoms with E-state index in [1.54, 1.807) is 55.5 Å². The van der Waals surface area contributed by atoms with E-state index >= 15 is 0 Å². The molecule has 0 aromatic heterocycles. The van der Waals surface area contributed by atoms with Gasteiger partial charge in [0.25, 0.3) is 0 Å². The van der Waals surface area contributed by atoms with E-state index in [0.717, 1.165) is 0 Å². The van der Waals surface area contributed by atoms with E-state index in [0.29, 0.717) is 16.8 Å². The second-order valence-electron chi connectivity index (χ2n) is 5.14. The molecule has 0 spiro atoms. The second kappa shape index (κ2) is 8.62. The standard InChI is InChI=1S/C19H19NO4/c1-2-24-19(23)15-9-6-10-16(13-15)20-18(22)12-11-17(21)14-7-4-3-5-8-14/h3-10,13H,2,11-12H2,1H3,(H,20,22). The summed E-state index contributed by atoms with van der Waals surface area (Å²) < 4.78 is 4.92. The molecule has 2 rings (SSSR count). The van der Waals surface area contributed by atoms with Gasteiger partial charge in [0.1, 0.15) is 0 Å². The fourth-order valence-electron chi connectivity index (χ4n) is 2.16. The van der Waals surface area contributed by atoms with E-state index in [4.69, 9.17) is 4.74 Å². The summed E-state index contributed by atoms with van der Waals surface area (Å²) in [6.07, 6.45) is 0.213. The number of benzene rings is 2. The van der Waals surface area contributed by atoms with Gasteiger partial charge in [-0.05, 0) is 25.1 Å². The Morgan fingerprint density at radius 3 is 2.33 bits per heavy atom. The Labute approximate surface area is 140 Å². The molecule has 5 nitrogen and oxygen atoms in total. The number of carbonyl (C=O) groups excluding carboxylic acids is 3. The SMILES string of the molecule is CCOC(=O)c1cccc(NC(=O)CCC(=O)c2ccccc2)c1. The van der Waals surface area contributed by atoms with Crippen LogP contribution in [0.4, 0.5) is 5.69 Å². The predicted molar refractivity (Wildman–Crippen MR) is 91.0 cm³/mol. The van der Waals surface area contributed by atoms with Crippen molar-refractivity contribution < 1.29 is 19.1 Å². The van der Waals surface area contributed by atoms with Gasteiger partial charge in [0.2, 0.25) is 5.91 Å². The Morgan fingerprint density at radius 2 is 1.62 bits per heavy atom. The van der Waals surface area contributed by atoms with Crippen LogP contribution >= 0.6 is 0 Å². The van der Waals surface area contributed by atoms with Gasteiger partial charge in [0.05, 0.1) is 12.2 Å². The molecule has 124 valence electrons. The number of ether oxygens (including phenoxy) is 1. The van der Waals surface area contributed by atoms with Crippen molar-refractivity contribution in [2.75, 3.05) is 11.9 Å². The Morgan fingerprint density at radius 1 is 0.917 bits per heavy atom. The van der Waals surface area contributed by atoms with Crippen LogP contribution in [-0.2, 0) is 9.53 Å². The molecule has 0 bridgehead atoms. The second-order valence-corrected chi connectivity index (χ2v) is 5.14. The molecule has 1 N–H and O–H groups in total. The quantitative estimate of drug-likeness (QED) is 0.625. The Balaban J connectivity index is 1.89. The van der Waals surface area contributed by atoms with Crippen LogP contribution in [0.3, 0.4) is 0 Å². The number of Topliss-reactive ketones (excluding diaryl/α,β-unsaturated/α-hetero) is 1. The minimum Gasteiger partial charge on any atom is -0.462 e. The number of esters is 1. The zero-order chi connectivity index (χ0) is 17.4. The first-order chi connectivity index (χ1) is 11.6. The lowest BCUT2D eigenvalue weighted by molar-refractivity contribution is -0.116. The van der Waals surface area contributed by atoms with Crippen LogP contribution in [0.2, 0.25) is 0 Å². The molecule has 0 saturated carbocycles. The van der Waals surface area contributed by atoms with E-state index in [-0.39, 0.29) is 31.1 Å². The van der Waals surface area contributed by atoms with Crippen LogP contribution in [0.5, 0.6) is 0 Å². The van der Waals surface area contributed by atoms with E-state index in [1.807, 2.05) is 6.07 Å². The third-order valence-electron chi connectivity index (χ3n) is 3.33. The first-order valence-corrected chi connectivity index (χ1v) is 7.75. The number of carbonyl (C=O) groups is 3. The van der Waals surface area contributed by atoms with Crippen molar-refractivity contribution in [1.29, 1.82) is 0 Å². The maximum atomic E-state index is 12.0. The minimum absolute atomic E-state index is 0.0778. The van der Waals surface area contributed by atoms with E-state index in [1.165, 1.54) is 0 Å². The molecule has 24 heavy (non-hydrogen) atoms. The van der Waals surface area contributed by atoms with Crippen molar-refractivity contribution in [2.45, 2.75) is 19.8 Å². The lowest BCUT2D eigenvalue weighted by atomic mass is 10.1. The van der Waals surface area contributed by atoms with E-state index in [2.05, 4.69) is 5.32 Å². The van der Waals surface area contributed by atoms with Gasteiger partial charge < -0.3 is 10.1 Å². The van der Waals surface area contributed by atoms with Crippen LogP contribution in [-0.4, -0.2) is 24.3 Å². The molecule has 2 aromatic rings. The first kappa shape index (κ1) is 17.4. The summed E-state index contributed by atoms with van der Waals surface area (Å²) in [7, 11) is 0.